The average molecular weight is 356 g/mol. The number of amides is 4. The van der Waals surface area contributed by atoms with Gasteiger partial charge < -0.3 is 10.2 Å². The van der Waals surface area contributed by atoms with Gasteiger partial charge >= 0.3 is 6.03 Å². The normalized spacial score (nSPS) is 21.1. The number of carbonyl (C=O) groups is 3. The standard InChI is InChI=1S/C19H24N4O3/c24-17(9-8-16-18(25)21-19(26)20-16)23-13-11-22(12-14-23)10-4-7-15-5-2-1-3-6-15/h1-7,16H,8-14H2,(H2,20,21,25,26). The van der Waals surface area contributed by atoms with E-state index in [0.717, 1.165) is 19.6 Å². The van der Waals surface area contributed by atoms with Crippen LogP contribution in [0.25, 0.3) is 6.08 Å². The Morgan fingerprint density at radius 2 is 1.85 bits per heavy atom. The maximum Gasteiger partial charge on any atom is 0.322 e. The highest BCUT2D eigenvalue weighted by molar-refractivity contribution is 6.04. The Kier molecular flexibility index (Phi) is 6.01. The molecule has 1 aromatic carbocycles. The molecule has 26 heavy (non-hydrogen) atoms. The molecule has 2 aliphatic rings. The van der Waals surface area contributed by atoms with Crippen LogP contribution in [0.3, 0.4) is 0 Å². The number of piperazine rings is 1. The van der Waals surface area contributed by atoms with Crippen molar-refractivity contribution in [2.45, 2.75) is 18.9 Å². The minimum Gasteiger partial charge on any atom is -0.340 e. The molecule has 138 valence electrons. The first-order chi connectivity index (χ1) is 12.6. The molecule has 2 saturated heterocycles. The predicted octanol–water partition coefficient (Wildman–Crippen LogP) is 0.832. The van der Waals surface area contributed by atoms with Gasteiger partial charge in [0, 0.05) is 39.1 Å². The third-order valence-corrected chi connectivity index (χ3v) is 4.70. The van der Waals surface area contributed by atoms with Crippen LogP contribution in [0.4, 0.5) is 4.79 Å². The van der Waals surface area contributed by atoms with E-state index in [9.17, 15) is 14.4 Å². The zero-order chi connectivity index (χ0) is 18.4. The Balaban J connectivity index is 1.36. The lowest BCUT2D eigenvalue weighted by Crippen LogP contribution is -2.48. The van der Waals surface area contributed by atoms with Gasteiger partial charge in [0.2, 0.25) is 5.91 Å². The minimum absolute atomic E-state index is 0.0402. The summed E-state index contributed by atoms with van der Waals surface area (Å²) in [5.41, 5.74) is 1.18. The topological polar surface area (TPSA) is 81.8 Å². The van der Waals surface area contributed by atoms with Crippen molar-refractivity contribution in [3.8, 4) is 0 Å². The molecular weight excluding hydrogens is 332 g/mol. The van der Waals surface area contributed by atoms with Crippen molar-refractivity contribution in [3.05, 3.63) is 42.0 Å². The van der Waals surface area contributed by atoms with Gasteiger partial charge in [-0.25, -0.2) is 4.79 Å². The van der Waals surface area contributed by atoms with Crippen molar-refractivity contribution in [2.24, 2.45) is 0 Å². The number of nitrogens with one attached hydrogen (secondary N) is 2. The second-order valence-electron chi connectivity index (χ2n) is 6.55. The smallest absolute Gasteiger partial charge is 0.322 e. The molecule has 0 spiro atoms. The second kappa shape index (κ2) is 8.62. The van der Waals surface area contributed by atoms with Crippen LogP contribution >= 0.6 is 0 Å². The molecule has 2 fully saturated rings. The fourth-order valence-electron chi connectivity index (χ4n) is 3.17. The van der Waals surface area contributed by atoms with Crippen LogP contribution < -0.4 is 10.6 Å². The van der Waals surface area contributed by atoms with Crippen molar-refractivity contribution in [3.63, 3.8) is 0 Å². The molecule has 4 amide bonds. The lowest BCUT2D eigenvalue weighted by molar-refractivity contribution is -0.133. The number of carbonyl (C=O) groups excluding carboxylic acids is 3. The Morgan fingerprint density at radius 1 is 1.12 bits per heavy atom. The van der Waals surface area contributed by atoms with Crippen molar-refractivity contribution in [2.75, 3.05) is 32.7 Å². The monoisotopic (exact) mass is 356 g/mol. The van der Waals surface area contributed by atoms with Gasteiger partial charge in [0.15, 0.2) is 0 Å². The van der Waals surface area contributed by atoms with E-state index in [1.807, 2.05) is 23.1 Å². The molecule has 0 aliphatic carbocycles. The SMILES string of the molecule is O=C1NC(=O)C(CCC(=O)N2CCN(CC=Cc3ccccc3)CC2)N1. The molecule has 3 rings (SSSR count). The molecule has 2 heterocycles. The predicted molar refractivity (Wildman–Crippen MR) is 98.2 cm³/mol. The zero-order valence-electron chi connectivity index (χ0n) is 14.7. The van der Waals surface area contributed by atoms with E-state index in [4.69, 9.17) is 0 Å². The van der Waals surface area contributed by atoms with E-state index in [2.05, 4.69) is 39.8 Å². The summed E-state index contributed by atoms with van der Waals surface area (Å²) in [6.45, 7) is 3.94. The number of urea groups is 1. The van der Waals surface area contributed by atoms with Gasteiger partial charge in [0.05, 0.1) is 0 Å². The summed E-state index contributed by atoms with van der Waals surface area (Å²) in [5.74, 6) is -0.309. The number of hydrogen-bond donors (Lipinski definition) is 2. The molecular formula is C19H24N4O3. The van der Waals surface area contributed by atoms with Gasteiger partial charge in [-0.15, -0.1) is 0 Å². The van der Waals surface area contributed by atoms with Crippen molar-refractivity contribution < 1.29 is 14.4 Å². The van der Waals surface area contributed by atoms with E-state index in [1.165, 1.54) is 5.56 Å². The quantitative estimate of drug-likeness (QED) is 0.740. The molecule has 0 bridgehead atoms. The Bertz CT molecular complexity index is 681. The van der Waals surface area contributed by atoms with Crippen molar-refractivity contribution in [1.29, 1.82) is 0 Å². The van der Waals surface area contributed by atoms with Gasteiger partial charge in [0.25, 0.3) is 5.91 Å². The van der Waals surface area contributed by atoms with Gasteiger partial charge in [-0.2, -0.15) is 0 Å². The molecule has 1 aromatic rings. The molecule has 1 unspecified atom stereocenters. The summed E-state index contributed by atoms with van der Waals surface area (Å²) in [6.07, 6.45) is 4.87. The maximum atomic E-state index is 12.3. The summed E-state index contributed by atoms with van der Waals surface area (Å²) in [6, 6.07) is 9.11. The highest BCUT2D eigenvalue weighted by atomic mass is 16.2. The Hall–Kier alpha value is -2.67. The second-order valence-corrected chi connectivity index (χ2v) is 6.55. The van der Waals surface area contributed by atoms with E-state index in [0.29, 0.717) is 19.5 Å². The number of nitrogens with zero attached hydrogens (tertiary/aromatic N) is 2. The van der Waals surface area contributed by atoms with Crippen LogP contribution in [-0.2, 0) is 9.59 Å². The molecule has 2 aliphatic heterocycles. The van der Waals surface area contributed by atoms with E-state index >= 15 is 0 Å². The number of imide groups is 1. The first-order valence-corrected chi connectivity index (χ1v) is 8.95. The van der Waals surface area contributed by atoms with E-state index in [-0.39, 0.29) is 18.2 Å². The molecule has 0 saturated carbocycles. The zero-order valence-corrected chi connectivity index (χ0v) is 14.7. The molecule has 7 nitrogen and oxygen atoms in total. The lowest BCUT2D eigenvalue weighted by Gasteiger charge is -2.34. The maximum absolute atomic E-state index is 12.3. The molecule has 2 N–H and O–H groups in total. The fourth-order valence-corrected chi connectivity index (χ4v) is 3.17. The number of benzene rings is 1. The van der Waals surface area contributed by atoms with Crippen LogP contribution in [0.2, 0.25) is 0 Å². The first kappa shape index (κ1) is 18.1. The van der Waals surface area contributed by atoms with Crippen LogP contribution in [0.5, 0.6) is 0 Å². The Morgan fingerprint density at radius 3 is 2.50 bits per heavy atom. The highest BCUT2D eigenvalue weighted by Crippen LogP contribution is 2.09. The highest BCUT2D eigenvalue weighted by Gasteiger charge is 2.30. The van der Waals surface area contributed by atoms with Gasteiger partial charge in [-0.3, -0.25) is 19.8 Å². The lowest BCUT2D eigenvalue weighted by atomic mass is 10.1. The van der Waals surface area contributed by atoms with Crippen LogP contribution in [0, 0.1) is 0 Å². The molecule has 0 aromatic heterocycles. The molecule has 1 atom stereocenters. The number of rotatable bonds is 6. The van der Waals surface area contributed by atoms with Gasteiger partial charge in [0.1, 0.15) is 6.04 Å². The van der Waals surface area contributed by atoms with Crippen LogP contribution in [0.1, 0.15) is 18.4 Å². The summed E-state index contributed by atoms with van der Waals surface area (Å²) in [7, 11) is 0. The van der Waals surface area contributed by atoms with E-state index < -0.39 is 12.1 Å². The van der Waals surface area contributed by atoms with Crippen LogP contribution in [-0.4, -0.2) is 66.4 Å². The van der Waals surface area contributed by atoms with Gasteiger partial charge in [-0.1, -0.05) is 42.5 Å². The molecule has 7 heteroatoms. The summed E-state index contributed by atoms with van der Waals surface area (Å²) >= 11 is 0. The largest absolute Gasteiger partial charge is 0.340 e. The van der Waals surface area contributed by atoms with Crippen LogP contribution in [0.15, 0.2) is 36.4 Å². The van der Waals surface area contributed by atoms with Crippen molar-refractivity contribution >= 4 is 23.9 Å². The first-order valence-electron chi connectivity index (χ1n) is 8.95. The average Bonchev–Trinajstić information content (AvgIpc) is 2.98. The third-order valence-electron chi connectivity index (χ3n) is 4.70. The minimum atomic E-state index is -0.587. The number of hydrogen-bond acceptors (Lipinski definition) is 4. The molecule has 0 radical (unpaired) electrons. The van der Waals surface area contributed by atoms with Crippen molar-refractivity contribution in [1.82, 2.24) is 20.4 Å². The summed E-state index contributed by atoms with van der Waals surface area (Å²) < 4.78 is 0. The summed E-state index contributed by atoms with van der Waals surface area (Å²) in [5, 5.41) is 4.70. The summed E-state index contributed by atoms with van der Waals surface area (Å²) in [4.78, 5) is 39.0. The van der Waals surface area contributed by atoms with Gasteiger partial charge in [-0.05, 0) is 12.0 Å². The van der Waals surface area contributed by atoms with E-state index in [1.54, 1.807) is 0 Å². The third kappa shape index (κ3) is 4.92. The Labute approximate surface area is 153 Å². The fraction of sp³-hybridized carbons (Fsp3) is 0.421.